The largest absolute Gasteiger partial charge is 0.369 e. The summed E-state index contributed by atoms with van der Waals surface area (Å²) in [6.07, 6.45) is 2.86. The molecule has 6 nitrogen and oxygen atoms in total. The van der Waals surface area contributed by atoms with E-state index in [1.165, 1.54) is 0 Å². The second-order valence-corrected chi connectivity index (χ2v) is 4.67. The zero-order valence-corrected chi connectivity index (χ0v) is 11.1. The van der Waals surface area contributed by atoms with E-state index in [9.17, 15) is 0 Å². The molecule has 0 aliphatic heterocycles. The van der Waals surface area contributed by atoms with Crippen LogP contribution in [0.3, 0.4) is 0 Å². The molecule has 0 spiro atoms. The van der Waals surface area contributed by atoms with Crippen LogP contribution in [0.1, 0.15) is 27.2 Å². The van der Waals surface area contributed by atoms with Crippen molar-refractivity contribution in [1.29, 1.82) is 0 Å². The number of rotatable bonds is 6. The first-order valence-corrected chi connectivity index (χ1v) is 6.39. The van der Waals surface area contributed by atoms with E-state index in [0.717, 1.165) is 36.4 Å². The average molecular weight is 248 g/mol. The zero-order valence-electron chi connectivity index (χ0n) is 11.1. The molecule has 2 rings (SSSR count). The quantitative estimate of drug-likeness (QED) is 0.730. The van der Waals surface area contributed by atoms with Crippen molar-refractivity contribution >= 4 is 22.8 Å². The van der Waals surface area contributed by atoms with Crippen LogP contribution in [0.25, 0.3) is 11.0 Å². The Balaban J connectivity index is 2.20. The maximum atomic E-state index is 4.47. The number of nitrogens with zero attached hydrogens (tertiary/aromatic N) is 3. The van der Waals surface area contributed by atoms with Crippen LogP contribution in [0.2, 0.25) is 0 Å². The number of H-pyrrole nitrogens is 1. The minimum atomic E-state index is 0.626. The molecule has 18 heavy (non-hydrogen) atoms. The van der Waals surface area contributed by atoms with Crippen molar-refractivity contribution in [3.05, 3.63) is 6.20 Å². The molecule has 0 unspecified atom stereocenters. The molecule has 0 aliphatic carbocycles. The average Bonchev–Trinajstić information content (AvgIpc) is 2.77. The van der Waals surface area contributed by atoms with Crippen molar-refractivity contribution in [2.24, 2.45) is 5.92 Å². The van der Waals surface area contributed by atoms with E-state index < -0.39 is 0 Å². The molecule has 0 atom stereocenters. The molecule has 2 aromatic rings. The molecule has 0 aliphatic rings. The van der Waals surface area contributed by atoms with E-state index in [0.29, 0.717) is 11.9 Å². The lowest BCUT2D eigenvalue weighted by Gasteiger charge is -2.10. The van der Waals surface area contributed by atoms with E-state index in [-0.39, 0.29) is 0 Å². The summed E-state index contributed by atoms with van der Waals surface area (Å²) in [6.45, 7) is 8.14. The summed E-state index contributed by atoms with van der Waals surface area (Å²) in [5.41, 5.74) is 0.757. The van der Waals surface area contributed by atoms with Crippen molar-refractivity contribution in [1.82, 2.24) is 20.2 Å². The molecule has 0 aromatic carbocycles. The van der Waals surface area contributed by atoms with Crippen molar-refractivity contribution in [3.63, 3.8) is 0 Å². The molecular formula is C12H20N6. The molecule has 0 saturated carbocycles. The van der Waals surface area contributed by atoms with Crippen molar-refractivity contribution in [2.45, 2.75) is 27.2 Å². The van der Waals surface area contributed by atoms with Gasteiger partial charge in [0.25, 0.3) is 0 Å². The Bertz CT molecular complexity index is 504. The van der Waals surface area contributed by atoms with Crippen molar-refractivity contribution < 1.29 is 0 Å². The van der Waals surface area contributed by atoms with Gasteiger partial charge < -0.3 is 10.6 Å². The molecule has 98 valence electrons. The Morgan fingerprint density at radius 1 is 1.28 bits per heavy atom. The lowest BCUT2D eigenvalue weighted by molar-refractivity contribution is 0.607. The lowest BCUT2D eigenvalue weighted by Crippen LogP contribution is -2.09. The molecular weight excluding hydrogens is 228 g/mol. The van der Waals surface area contributed by atoms with E-state index in [1.54, 1.807) is 6.20 Å². The first-order chi connectivity index (χ1) is 8.70. The fourth-order valence-electron chi connectivity index (χ4n) is 1.69. The zero-order chi connectivity index (χ0) is 13.0. The molecule has 0 radical (unpaired) electrons. The van der Waals surface area contributed by atoms with E-state index in [1.807, 2.05) is 6.92 Å². The minimum Gasteiger partial charge on any atom is -0.369 e. The maximum Gasteiger partial charge on any atom is 0.226 e. The second kappa shape index (κ2) is 5.66. The van der Waals surface area contributed by atoms with Crippen LogP contribution in [-0.4, -0.2) is 33.3 Å². The number of anilines is 2. The highest BCUT2D eigenvalue weighted by Gasteiger charge is 2.08. The summed E-state index contributed by atoms with van der Waals surface area (Å²) in [4.78, 5) is 8.81. The van der Waals surface area contributed by atoms with Gasteiger partial charge in [-0.15, -0.1) is 0 Å². The number of aromatic amines is 1. The van der Waals surface area contributed by atoms with Gasteiger partial charge in [0.05, 0.1) is 11.6 Å². The fraction of sp³-hybridized carbons (Fsp3) is 0.583. The smallest absolute Gasteiger partial charge is 0.226 e. The topological polar surface area (TPSA) is 78.5 Å². The third-order valence-electron chi connectivity index (χ3n) is 2.66. The highest BCUT2D eigenvalue weighted by molar-refractivity contribution is 5.86. The summed E-state index contributed by atoms with van der Waals surface area (Å²) in [5, 5.41) is 14.3. The van der Waals surface area contributed by atoms with Crippen molar-refractivity contribution in [3.8, 4) is 0 Å². The number of hydrogen-bond acceptors (Lipinski definition) is 5. The third kappa shape index (κ3) is 2.88. The number of nitrogens with one attached hydrogen (secondary N) is 3. The summed E-state index contributed by atoms with van der Waals surface area (Å²) in [7, 11) is 0. The van der Waals surface area contributed by atoms with E-state index in [4.69, 9.17) is 0 Å². The summed E-state index contributed by atoms with van der Waals surface area (Å²) >= 11 is 0. The number of aromatic nitrogens is 4. The van der Waals surface area contributed by atoms with Gasteiger partial charge in [0.1, 0.15) is 5.82 Å². The van der Waals surface area contributed by atoms with Crippen LogP contribution in [0.5, 0.6) is 0 Å². The molecule has 0 saturated heterocycles. The Morgan fingerprint density at radius 2 is 2.11 bits per heavy atom. The summed E-state index contributed by atoms with van der Waals surface area (Å²) < 4.78 is 0. The molecule has 3 N–H and O–H groups in total. The van der Waals surface area contributed by atoms with Gasteiger partial charge in [-0.05, 0) is 19.3 Å². The first-order valence-electron chi connectivity index (χ1n) is 6.39. The molecule has 0 fully saturated rings. The van der Waals surface area contributed by atoms with Gasteiger partial charge in [-0.2, -0.15) is 15.1 Å². The number of hydrogen-bond donors (Lipinski definition) is 3. The van der Waals surface area contributed by atoms with Crippen LogP contribution in [0, 0.1) is 5.92 Å². The van der Waals surface area contributed by atoms with Crippen LogP contribution in [-0.2, 0) is 0 Å². The normalized spacial score (nSPS) is 11.1. The van der Waals surface area contributed by atoms with Gasteiger partial charge in [-0.3, -0.25) is 5.10 Å². The standard InChI is InChI=1S/C12H20N6/c1-4-13-12-16-10(14-6-5-8(2)3)9-7-15-18-11(9)17-12/h7-8H,4-6H2,1-3H3,(H3,13,14,15,16,17,18). The summed E-state index contributed by atoms with van der Waals surface area (Å²) in [5.74, 6) is 2.14. The molecule has 6 heteroatoms. The van der Waals surface area contributed by atoms with Crippen LogP contribution < -0.4 is 10.6 Å². The third-order valence-corrected chi connectivity index (χ3v) is 2.66. The minimum absolute atomic E-state index is 0.626. The molecule has 2 aromatic heterocycles. The predicted octanol–water partition coefficient (Wildman–Crippen LogP) is 2.24. The highest BCUT2D eigenvalue weighted by atomic mass is 15.2. The van der Waals surface area contributed by atoms with Gasteiger partial charge in [0.2, 0.25) is 5.95 Å². The van der Waals surface area contributed by atoms with Gasteiger partial charge in [0.15, 0.2) is 5.65 Å². The maximum absolute atomic E-state index is 4.47. The van der Waals surface area contributed by atoms with E-state index in [2.05, 4.69) is 44.6 Å². The molecule has 0 amide bonds. The predicted molar refractivity (Wildman–Crippen MR) is 73.8 cm³/mol. The number of fused-ring (bicyclic) bond motifs is 1. The molecule has 2 heterocycles. The van der Waals surface area contributed by atoms with Crippen LogP contribution in [0.15, 0.2) is 6.20 Å². The van der Waals surface area contributed by atoms with Crippen LogP contribution >= 0.6 is 0 Å². The van der Waals surface area contributed by atoms with E-state index >= 15 is 0 Å². The Labute approximate surface area is 107 Å². The van der Waals surface area contributed by atoms with Gasteiger partial charge >= 0.3 is 0 Å². The fourth-order valence-corrected chi connectivity index (χ4v) is 1.69. The Kier molecular flexibility index (Phi) is 3.96. The van der Waals surface area contributed by atoms with Gasteiger partial charge in [-0.1, -0.05) is 13.8 Å². The monoisotopic (exact) mass is 248 g/mol. The van der Waals surface area contributed by atoms with Crippen molar-refractivity contribution in [2.75, 3.05) is 23.7 Å². The first kappa shape index (κ1) is 12.6. The molecule has 0 bridgehead atoms. The van der Waals surface area contributed by atoms with Gasteiger partial charge in [0, 0.05) is 13.1 Å². The second-order valence-electron chi connectivity index (χ2n) is 4.67. The van der Waals surface area contributed by atoms with Gasteiger partial charge in [-0.25, -0.2) is 0 Å². The van der Waals surface area contributed by atoms with Crippen LogP contribution in [0.4, 0.5) is 11.8 Å². The SMILES string of the molecule is CCNc1nc(NCCC(C)C)c2cn[nH]c2n1. The lowest BCUT2D eigenvalue weighted by atomic mass is 10.1. The Hall–Kier alpha value is -1.85. The summed E-state index contributed by atoms with van der Waals surface area (Å²) in [6, 6.07) is 0. The Morgan fingerprint density at radius 3 is 2.83 bits per heavy atom. The highest BCUT2D eigenvalue weighted by Crippen LogP contribution is 2.19.